The fourth-order valence-electron chi connectivity index (χ4n) is 2.83. The average Bonchev–Trinajstić information content (AvgIpc) is 3.24. The lowest BCUT2D eigenvalue weighted by atomic mass is 10.2. The van der Waals surface area contributed by atoms with E-state index in [1.165, 1.54) is 28.5 Å². The van der Waals surface area contributed by atoms with E-state index in [4.69, 9.17) is 15.6 Å². The number of likely N-dealkylation sites (tertiary alicyclic amines) is 1. The summed E-state index contributed by atoms with van der Waals surface area (Å²) in [7, 11) is 0. The van der Waals surface area contributed by atoms with Crippen LogP contribution >= 0.6 is 23.1 Å². The maximum atomic E-state index is 12.2. The van der Waals surface area contributed by atoms with Crippen LogP contribution in [-0.4, -0.2) is 51.8 Å². The number of ether oxygens (including phenoxy) is 1. The second-order valence-corrected chi connectivity index (χ2v) is 8.46. The second-order valence-electron chi connectivity index (χ2n) is 6.26. The summed E-state index contributed by atoms with van der Waals surface area (Å²) >= 11 is 2.76. The molecule has 1 saturated heterocycles. The van der Waals surface area contributed by atoms with Crippen LogP contribution in [0.15, 0.2) is 27.9 Å². The van der Waals surface area contributed by atoms with Gasteiger partial charge in [-0.25, -0.2) is 9.78 Å². The monoisotopic (exact) mass is 407 g/mol. The van der Waals surface area contributed by atoms with Crippen LogP contribution in [0.1, 0.15) is 28.9 Å². The van der Waals surface area contributed by atoms with E-state index in [0.717, 1.165) is 12.0 Å². The van der Waals surface area contributed by atoms with Gasteiger partial charge >= 0.3 is 5.97 Å². The molecule has 1 atom stereocenters. The van der Waals surface area contributed by atoms with Gasteiger partial charge in [-0.3, -0.25) is 4.79 Å². The van der Waals surface area contributed by atoms with Crippen molar-refractivity contribution in [3.63, 3.8) is 0 Å². The van der Waals surface area contributed by atoms with Crippen molar-refractivity contribution in [3.05, 3.63) is 34.8 Å². The number of benzene rings is 1. The Morgan fingerprint density at radius 2 is 2.33 bits per heavy atom. The van der Waals surface area contributed by atoms with E-state index >= 15 is 0 Å². The van der Waals surface area contributed by atoms with E-state index < -0.39 is 5.97 Å². The number of rotatable bonds is 8. The van der Waals surface area contributed by atoms with Crippen LogP contribution in [0.3, 0.4) is 0 Å². The van der Waals surface area contributed by atoms with E-state index in [1.54, 1.807) is 6.07 Å². The molecule has 27 heavy (non-hydrogen) atoms. The molecule has 144 valence electrons. The van der Waals surface area contributed by atoms with Crippen molar-refractivity contribution in [3.8, 4) is 5.75 Å². The van der Waals surface area contributed by atoms with Gasteiger partial charge in [0.1, 0.15) is 12.4 Å². The van der Waals surface area contributed by atoms with Crippen molar-refractivity contribution in [2.45, 2.75) is 30.1 Å². The average molecular weight is 408 g/mol. The number of aromatic carboxylic acids is 1. The first kappa shape index (κ1) is 19.5. The van der Waals surface area contributed by atoms with Crippen molar-refractivity contribution in [1.82, 2.24) is 9.88 Å². The number of anilines is 1. The third-order valence-electron chi connectivity index (χ3n) is 4.41. The number of carbonyl (C=O) groups is 2. The van der Waals surface area contributed by atoms with E-state index in [2.05, 4.69) is 4.98 Å². The Morgan fingerprint density at radius 3 is 3.04 bits per heavy atom. The maximum Gasteiger partial charge on any atom is 0.355 e. The van der Waals surface area contributed by atoms with Crippen LogP contribution in [0.2, 0.25) is 0 Å². The summed E-state index contributed by atoms with van der Waals surface area (Å²) < 4.78 is 6.54. The zero-order valence-electron chi connectivity index (χ0n) is 14.9. The number of nitrogens with zero attached hydrogens (tertiary/aromatic N) is 2. The highest BCUT2D eigenvalue weighted by Crippen LogP contribution is 2.26. The minimum absolute atomic E-state index is 0.0338. The van der Waals surface area contributed by atoms with E-state index in [9.17, 15) is 9.59 Å². The normalized spacial score (nSPS) is 16.7. The number of nitrogens with two attached hydrogens (primary N) is 1. The van der Waals surface area contributed by atoms with Crippen LogP contribution < -0.4 is 10.5 Å². The molecule has 1 aliphatic rings. The van der Waals surface area contributed by atoms with Crippen LogP contribution in [0.25, 0.3) is 0 Å². The summed E-state index contributed by atoms with van der Waals surface area (Å²) in [6, 6.07) is 5.63. The number of hydrogen-bond donors (Lipinski definition) is 2. The predicted octanol–water partition coefficient (Wildman–Crippen LogP) is 2.89. The first-order valence-electron chi connectivity index (χ1n) is 8.54. The lowest BCUT2D eigenvalue weighted by molar-refractivity contribution is -0.129. The van der Waals surface area contributed by atoms with E-state index in [-0.39, 0.29) is 17.6 Å². The molecule has 0 bridgehead atoms. The van der Waals surface area contributed by atoms with Crippen LogP contribution in [0.4, 0.5) is 5.69 Å². The molecular formula is C18H21N3O4S2. The largest absolute Gasteiger partial charge is 0.491 e. The first-order chi connectivity index (χ1) is 12.9. The minimum atomic E-state index is -1.03. The molecule has 3 rings (SSSR count). The molecule has 7 nitrogen and oxygen atoms in total. The Bertz CT molecular complexity index is 840. The molecule has 1 amide bonds. The molecule has 1 aromatic heterocycles. The van der Waals surface area contributed by atoms with Gasteiger partial charge in [0.05, 0.1) is 6.04 Å². The summed E-state index contributed by atoms with van der Waals surface area (Å²) in [6.45, 7) is 2.95. The first-order valence-corrected chi connectivity index (χ1v) is 10.4. The molecule has 0 spiro atoms. The maximum absolute atomic E-state index is 12.2. The fourth-order valence-corrected chi connectivity index (χ4v) is 4.64. The SMILES string of the molecule is Cc1ccc(OCC2CCC(=O)N2CCSc2nc(C(=O)O)cs2)cc1N. The molecule has 1 unspecified atom stereocenters. The number of thiazole rings is 1. The van der Waals surface area contributed by atoms with Crippen molar-refractivity contribution in [1.29, 1.82) is 0 Å². The number of carboxylic acids is 1. The van der Waals surface area contributed by atoms with E-state index in [0.29, 0.717) is 41.1 Å². The molecule has 3 N–H and O–H groups in total. The highest BCUT2D eigenvalue weighted by Gasteiger charge is 2.31. The molecule has 0 saturated carbocycles. The summed E-state index contributed by atoms with van der Waals surface area (Å²) in [4.78, 5) is 28.9. The van der Waals surface area contributed by atoms with Crippen LogP contribution in [0, 0.1) is 6.92 Å². The lowest BCUT2D eigenvalue weighted by Gasteiger charge is -2.24. The number of aromatic nitrogens is 1. The topological polar surface area (TPSA) is 106 Å². The van der Waals surface area contributed by atoms with Gasteiger partial charge in [-0.2, -0.15) is 0 Å². The molecule has 9 heteroatoms. The van der Waals surface area contributed by atoms with Gasteiger partial charge in [0.25, 0.3) is 0 Å². The Kier molecular flexibility index (Phi) is 6.22. The zero-order chi connectivity index (χ0) is 19.4. The number of aryl methyl sites for hydroxylation is 1. The van der Waals surface area contributed by atoms with Gasteiger partial charge in [-0.05, 0) is 25.0 Å². The van der Waals surface area contributed by atoms with Gasteiger partial charge in [-0.15, -0.1) is 11.3 Å². The minimum Gasteiger partial charge on any atom is -0.491 e. The molecule has 2 aromatic rings. The number of thioether (sulfide) groups is 1. The highest BCUT2D eigenvalue weighted by atomic mass is 32.2. The van der Waals surface area contributed by atoms with Crippen molar-refractivity contribution >= 4 is 40.7 Å². The van der Waals surface area contributed by atoms with Crippen molar-refractivity contribution in [2.75, 3.05) is 24.6 Å². The highest BCUT2D eigenvalue weighted by molar-refractivity contribution is 8.01. The number of carboxylic acid groups (broad SMARTS) is 1. The van der Waals surface area contributed by atoms with E-state index in [1.807, 2.05) is 24.0 Å². The van der Waals surface area contributed by atoms with Gasteiger partial charge < -0.3 is 20.5 Å². The Morgan fingerprint density at radius 1 is 1.52 bits per heavy atom. The molecule has 1 fully saturated rings. The second kappa shape index (κ2) is 8.62. The fraction of sp³-hybridized carbons (Fsp3) is 0.389. The molecular weight excluding hydrogens is 386 g/mol. The standard InChI is InChI=1S/C18H21N3O4S2/c1-11-2-4-13(8-14(11)19)25-9-12-3-5-16(22)21(12)6-7-26-18-20-15(10-27-18)17(23)24/h2,4,8,10,12H,3,5-7,9,19H2,1H3,(H,23,24). The Hall–Kier alpha value is -2.26. The number of carbonyl (C=O) groups excluding carboxylic acids is 1. The summed E-state index contributed by atoms with van der Waals surface area (Å²) in [6.07, 6.45) is 1.29. The van der Waals surface area contributed by atoms with Gasteiger partial charge in [-0.1, -0.05) is 17.8 Å². The summed E-state index contributed by atoms with van der Waals surface area (Å²) in [5.41, 5.74) is 7.66. The molecule has 2 heterocycles. The predicted molar refractivity (Wildman–Crippen MR) is 106 cm³/mol. The smallest absolute Gasteiger partial charge is 0.355 e. The molecule has 1 aromatic carbocycles. The number of hydrogen-bond acceptors (Lipinski definition) is 7. The molecule has 0 aliphatic carbocycles. The third kappa shape index (κ3) is 4.92. The summed E-state index contributed by atoms with van der Waals surface area (Å²) in [5.74, 6) is 0.460. The van der Waals surface area contributed by atoms with Gasteiger partial charge in [0, 0.05) is 35.9 Å². The van der Waals surface area contributed by atoms with Gasteiger partial charge in [0.15, 0.2) is 10.0 Å². The van der Waals surface area contributed by atoms with Crippen LogP contribution in [0.5, 0.6) is 5.75 Å². The number of amides is 1. The van der Waals surface area contributed by atoms with Gasteiger partial charge in [0.2, 0.25) is 5.91 Å². The quantitative estimate of drug-likeness (QED) is 0.512. The zero-order valence-corrected chi connectivity index (χ0v) is 16.5. The summed E-state index contributed by atoms with van der Waals surface area (Å²) in [5, 5.41) is 10.4. The third-order valence-corrected chi connectivity index (χ3v) is 6.41. The number of nitrogen functional groups attached to an aromatic ring is 1. The van der Waals surface area contributed by atoms with Crippen molar-refractivity contribution < 1.29 is 19.4 Å². The Labute approximate surface area is 165 Å². The Balaban J connectivity index is 1.51. The lowest BCUT2D eigenvalue weighted by Crippen LogP contribution is -2.38. The van der Waals surface area contributed by atoms with Crippen molar-refractivity contribution in [2.24, 2.45) is 0 Å². The molecule has 1 aliphatic heterocycles. The molecule has 0 radical (unpaired) electrons. The van der Waals surface area contributed by atoms with Crippen LogP contribution in [-0.2, 0) is 4.79 Å².